The lowest BCUT2D eigenvalue weighted by atomic mass is 10.1. The second-order valence-corrected chi connectivity index (χ2v) is 5.86. The molecule has 0 aliphatic rings. The van der Waals surface area contributed by atoms with Gasteiger partial charge in [-0.1, -0.05) is 52.3 Å². The van der Waals surface area contributed by atoms with E-state index in [2.05, 4.69) is 15.9 Å². The Hall–Kier alpha value is -1.26. The Kier molecular flexibility index (Phi) is 4.44. The molecule has 1 atom stereocenters. The first-order valence-corrected chi connectivity index (χ1v) is 7.10. The van der Waals surface area contributed by atoms with E-state index in [1.165, 1.54) is 11.8 Å². The quantitative estimate of drug-likeness (QED) is 0.871. The molecule has 2 aromatic carbocycles. The highest BCUT2D eigenvalue weighted by Crippen LogP contribution is 2.35. The molecule has 4 heteroatoms. The van der Waals surface area contributed by atoms with Crippen LogP contribution in [0.25, 0.3) is 0 Å². The Balaban J connectivity index is 2.25. The molecule has 1 amide bonds. The van der Waals surface area contributed by atoms with Crippen LogP contribution in [-0.2, 0) is 4.79 Å². The van der Waals surface area contributed by atoms with Gasteiger partial charge in [-0.25, -0.2) is 0 Å². The fraction of sp³-hybridized carbons (Fsp3) is 0.0714. The molecule has 0 aliphatic carbocycles. The Labute approximate surface area is 119 Å². The van der Waals surface area contributed by atoms with E-state index in [0.29, 0.717) is 0 Å². The largest absolute Gasteiger partial charge is 0.368 e. The van der Waals surface area contributed by atoms with Crippen LogP contribution < -0.4 is 5.73 Å². The maximum atomic E-state index is 11.6. The maximum Gasteiger partial charge on any atom is 0.235 e. The summed E-state index contributed by atoms with van der Waals surface area (Å²) in [6, 6.07) is 17.4. The van der Waals surface area contributed by atoms with Gasteiger partial charge in [0.25, 0.3) is 0 Å². The van der Waals surface area contributed by atoms with Gasteiger partial charge in [0.15, 0.2) is 0 Å². The highest BCUT2D eigenvalue weighted by Gasteiger charge is 2.18. The number of thioether (sulfide) groups is 1. The summed E-state index contributed by atoms with van der Waals surface area (Å²) in [5.74, 6) is -0.328. The van der Waals surface area contributed by atoms with Crippen LogP contribution in [0, 0.1) is 0 Å². The van der Waals surface area contributed by atoms with Crippen molar-refractivity contribution in [2.45, 2.75) is 10.1 Å². The van der Waals surface area contributed by atoms with Gasteiger partial charge in [0, 0.05) is 9.37 Å². The number of primary amides is 1. The van der Waals surface area contributed by atoms with Crippen molar-refractivity contribution in [3.63, 3.8) is 0 Å². The zero-order valence-corrected chi connectivity index (χ0v) is 11.9. The predicted molar refractivity (Wildman–Crippen MR) is 78.4 cm³/mol. The molecule has 2 nitrogen and oxygen atoms in total. The number of halogens is 1. The van der Waals surface area contributed by atoms with E-state index in [0.717, 1.165) is 14.9 Å². The van der Waals surface area contributed by atoms with E-state index in [1.807, 2.05) is 54.6 Å². The van der Waals surface area contributed by atoms with Crippen LogP contribution in [0.2, 0.25) is 0 Å². The van der Waals surface area contributed by atoms with Gasteiger partial charge in [-0.2, -0.15) is 0 Å². The Morgan fingerprint density at radius 1 is 1.11 bits per heavy atom. The van der Waals surface area contributed by atoms with Crippen molar-refractivity contribution in [3.8, 4) is 0 Å². The molecule has 2 N–H and O–H groups in total. The molecule has 0 saturated heterocycles. The van der Waals surface area contributed by atoms with Crippen LogP contribution in [0.5, 0.6) is 0 Å². The first-order chi connectivity index (χ1) is 8.66. The van der Waals surface area contributed by atoms with E-state index in [9.17, 15) is 4.79 Å². The molecular formula is C14H12BrNOS. The summed E-state index contributed by atoms with van der Waals surface area (Å²) in [6.07, 6.45) is 0. The fourth-order valence-electron chi connectivity index (χ4n) is 1.59. The summed E-state index contributed by atoms with van der Waals surface area (Å²) in [5.41, 5.74) is 6.41. The zero-order chi connectivity index (χ0) is 13.0. The van der Waals surface area contributed by atoms with Crippen molar-refractivity contribution in [3.05, 3.63) is 64.6 Å². The number of rotatable bonds is 4. The molecule has 0 fully saturated rings. The Morgan fingerprint density at radius 2 is 1.83 bits per heavy atom. The van der Waals surface area contributed by atoms with Crippen molar-refractivity contribution in [2.75, 3.05) is 0 Å². The second kappa shape index (κ2) is 6.07. The minimum absolute atomic E-state index is 0.328. The molecular weight excluding hydrogens is 310 g/mol. The fourth-order valence-corrected chi connectivity index (χ4v) is 3.18. The molecule has 0 spiro atoms. The molecule has 0 radical (unpaired) electrons. The van der Waals surface area contributed by atoms with E-state index in [1.54, 1.807) is 0 Å². The average Bonchev–Trinajstić information content (AvgIpc) is 2.37. The number of carbonyl (C=O) groups is 1. The first kappa shape index (κ1) is 13.2. The molecule has 0 bridgehead atoms. The summed E-state index contributed by atoms with van der Waals surface area (Å²) in [6.45, 7) is 0. The van der Waals surface area contributed by atoms with E-state index >= 15 is 0 Å². The highest BCUT2D eigenvalue weighted by molar-refractivity contribution is 9.10. The Bertz CT molecular complexity index is 545. The van der Waals surface area contributed by atoms with Crippen LogP contribution >= 0.6 is 27.7 Å². The van der Waals surface area contributed by atoms with Crippen LogP contribution in [0.3, 0.4) is 0 Å². The van der Waals surface area contributed by atoms with Crippen molar-refractivity contribution >= 4 is 33.6 Å². The molecule has 1 unspecified atom stereocenters. The SMILES string of the molecule is NC(=O)C(Sc1cccc(Br)c1)c1ccccc1. The smallest absolute Gasteiger partial charge is 0.235 e. The van der Waals surface area contributed by atoms with Gasteiger partial charge in [0.1, 0.15) is 5.25 Å². The summed E-state index contributed by atoms with van der Waals surface area (Å²) >= 11 is 4.88. The Morgan fingerprint density at radius 3 is 2.44 bits per heavy atom. The third kappa shape index (κ3) is 3.37. The molecule has 0 aromatic heterocycles. The predicted octanol–water partition coefficient (Wildman–Crippen LogP) is 3.77. The molecule has 0 saturated carbocycles. The summed E-state index contributed by atoms with van der Waals surface area (Å²) in [4.78, 5) is 12.6. The lowest BCUT2D eigenvalue weighted by Crippen LogP contribution is -2.18. The van der Waals surface area contributed by atoms with Gasteiger partial charge in [0.05, 0.1) is 0 Å². The van der Waals surface area contributed by atoms with E-state index in [-0.39, 0.29) is 11.2 Å². The van der Waals surface area contributed by atoms with Gasteiger partial charge in [-0.05, 0) is 23.8 Å². The van der Waals surface area contributed by atoms with Crippen LogP contribution in [-0.4, -0.2) is 5.91 Å². The number of carbonyl (C=O) groups excluding carboxylic acids is 1. The van der Waals surface area contributed by atoms with Gasteiger partial charge in [0.2, 0.25) is 5.91 Å². The van der Waals surface area contributed by atoms with Crippen molar-refractivity contribution < 1.29 is 4.79 Å². The van der Waals surface area contributed by atoms with Crippen molar-refractivity contribution in [1.82, 2.24) is 0 Å². The number of amides is 1. The molecule has 2 aromatic rings. The minimum Gasteiger partial charge on any atom is -0.368 e. The summed E-state index contributed by atoms with van der Waals surface area (Å²) in [5, 5.41) is -0.361. The number of benzene rings is 2. The van der Waals surface area contributed by atoms with Gasteiger partial charge in [-0.3, -0.25) is 4.79 Å². The van der Waals surface area contributed by atoms with Gasteiger partial charge >= 0.3 is 0 Å². The standard InChI is InChI=1S/C14H12BrNOS/c15-11-7-4-8-12(9-11)18-13(14(16)17)10-5-2-1-3-6-10/h1-9,13H,(H2,16,17). The summed E-state index contributed by atoms with van der Waals surface area (Å²) in [7, 11) is 0. The van der Waals surface area contributed by atoms with Crippen LogP contribution in [0.1, 0.15) is 10.8 Å². The molecule has 92 valence electrons. The lowest BCUT2D eigenvalue weighted by Gasteiger charge is -2.13. The first-order valence-electron chi connectivity index (χ1n) is 5.43. The number of nitrogens with two attached hydrogens (primary N) is 1. The third-order valence-electron chi connectivity index (χ3n) is 2.41. The molecule has 2 rings (SSSR count). The molecule has 18 heavy (non-hydrogen) atoms. The monoisotopic (exact) mass is 321 g/mol. The van der Waals surface area contributed by atoms with E-state index < -0.39 is 0 Å². The normalized spacial score (nSPS) is 12.1. The summed E-state index contributed by atoms with van der Waals surface area (Å²) < 4.78 is 0.990. The van der Waals surface area contributed by atoms with Gasteiger partial charge in [-0.15, -0.1) is 11.8 Å². The van der Waals surface area contributed by atoms with Crippen LogP contribution in [0.15, 0.2) is 64.0 Å². The lowest BCUT2D eigenvalue weighted by molar-refractivity contribution is -0.117. The number of hydrogen-bond donors (Lipinski definition) is 1. The van der Waals surface area contributed by atoms with Crippen LogP contribution in [0.4, 0.5) is 0 Å². The average molecular weight is 322 g/mol. The molecule has 0 heterocycles. The maximum absolute atomic E-state index is 11.6. The molecule has 0 aliphatic heterocycles. The zero-order valence-electron chi connectivity index (χ0n) is 9.55. The third-order valence-corrected chi connectivity index (χ3v) is 4.17. The number of hydrogen-bond acceptors (Lipinski definition) is 2. The van der Waals surface area contributed by atoms with Gasteiger partial charge < -0.3 is 5.73 Å². The van der Waals surface area contributed by atoms with Crippen molar-refractivity contribution in [2.24, 2.45) is 5.73 Å². The van der Waals surface area contributed by atoms with E-state index in [4.69, 9.17) is 5.73 Å². The highest BCUT2D eigenvalue weighted by atomic mass is 79.9. The van der Waals surface area contributed by atoms with Crippen molar-refractivity contribution in [1.29, 1.82) is 0 Å². The minimum atomic E-state index is -0.361. The second-order valence-electron chi connectivity index (χ2n) is 3.77. The topological polar surface area (TPSA) is 43.1 Å².